The van der Waals surface area contributed by atoms with Crippen LogP contribution >= 0.6 is 79.8 Å². The molecule has 0 bridgehead atoms. The topological polar surface area (TPSA) is 3.24 Å². The average Bonchev–Trinajstić information content (AvgIpc) is 1.81. The Morgan fingerprint density at radius 1 is 0.923 bits per heavy atom. The molecular formula is C4H9Cl6NS2. The summed E-state index contributed by atoms with van der Waals surface area (Å²) >= 11 is 0. The van der Waals surface area contributed by atoms with Gasteiger partial charge in [-0.2, -0.15) is 3.71 Å². The Morgan fingerprint density at radius 2 is 1.31 bits per heavy atom. The van der Waals surface area contributed by atoms with Crippen molar-refractivity contribution in [3.8, 4) is 0 Å². The number of halogens is 6. The van der Waals surface area contributed by atoms with Gasteiger partial charge in [0.15, 0.2) is 0 Å². The molecule has 0 saturated carbocycles. The molecule has 0 amide bonds. The molecule has 0 aromatic carbocycles. The lowest BCUT2D eigenvalue weighted by molar-refractivity contribution is 0.662. The van der Waals surface area contributed by atoms with E-state index < -0.39 is 15.7 Å². The summed E-state index contributed by atoms with van der Waals surface area (Å²) in [6, 6.07) is 0. The fraction of sp³-hybridized carbons (Fsp3) is 1.00. The summed E-state index contributed by atoms with van der Waals surface area (Å²) in [5.41, 5.74) is 0. The van der Waals surface area contributed by atoms with Gasteiger partial charge in [-0.05, 0) is 70.5 Å². The van der Waals surface area contributed by atoms with Crippen LogP contribution in [0.2, 0.25) is 0 Å². The van der Waals surface area contributed by atoms with Crippen molar-refractivity contribution in [2.45, 2.75) is 19.8 Å². The fourth-order valence-electron chi connectivity index (χ4n) is 0.590. The highest BCUT2D eigenvalue weighted by molar-refractivity contribution is 8.88. The third kappa shape index (κ3) is 6.54. The SMILES string of the molecule is CCCCN(S(Cl)(Cl)Cl)S(Cl)(Cl)Cl. The lowest BCUT2D eigenvalue weighted by Gasteiger charge is -2.38. The Balaban J connectivity index is 4.39. The maximum Gasteiger partial charge on any atom is 0.0667 e. The van der Waals surface area contributed by atoms with Gasteiger partial charge >= 0.3 is 0 Å². The van der Waals surface area contributed by atoms with Crippen LogP contribution in [0.1, 0.15) is 19.8 Å². The van der Waals surface area contributed by atoms with Crippen LogP contribution in [0.5, 0.6) is 0 Å². The fourth-order valence-corrected chi connectivity index (χ4v) is 10.2. The van der Waals surface area contributed by atoms with E-state index in [0.717, 1.165) is 12.8 Å². The number of rotatable bonds is 5. The van der Waals surface area contributed by atoms with E-state index in [1.165, 1.54) is 3.71 Å². The zero-order valence-corrected chi connectivity index (χ0v) is 12.8. The summed E-state index contributed by atoms with van der Waals surface area (Å²) < 4.78 is 1.35. The standard InChI is InChI=1S/C4H9Cl6NS2/c1-2-3-4-11(12(5,6)7)13(8,9)10/h2-4H2,1H3. The molecule has 0 radical (unpaired) electrons. The van der Waals surface area contributed by atoms with E-state index in [1.807, 2.05) is 6.92 Å². The number of hydrogen-bond acceptors (Lipinski definition) is 1. The van der Waals surface area contributed by atoms with Crippen molar-refractivity contribution in [3.05, 3.63) is 0 Å². The quantitative estimate of drug-likeness (QED) is 0.552. The summed E-state index contributed by atoms with van der Waals surface area (Å²) in [6.07, 6.45) is 1.79. The van der Waals surface area contributed by atoms with E-state index in [2.05, 4.69) is 0 Å². The predicted octanol–water partition coefficient (Wildman–Crippen LogP) is 6.45. The molecule has 0 aliphatic carbocycles. The second-order valence-electron chi connectivity index (χ2n) is 2.17. The Kier molecular flexibility index (Phi) is 7.36. The smallest absolute Gasteiger partial charge is 0.0667 e. The van der Waals surface area contributed by atoms with Gasteiger partial charge in [-0.25, -0.2) is 0 Å². The Morgan fingerprint density at radius 3 is 1.54 bits per heavy atom. The Hall–Kier alpha value is 2.40. The highest BCUT2D eigenvalue weighted by Gasteiger charge is 2.36. The van der Waals surface area contributed by atoms with E-state index in [4.69, 9.17) is 64.1 Å². The number of nitrogens with zero attached hydrogens (tertiary/aromatic N) is 1. The zero-order valence-electron chi connectivity index (χ0n) is 6.65. The Bertz CT molecular complexity index is 140. The summed E-state index contributed by atoms with van der Waals surface area (Å²) in [5.74, 6) is 0. The second kappa shape index (κ2) is 6.21. The van der Waals surface area contributed by atoms with Crippen LogP contribution in [0, 0.1) is 0 Å². The lowest BCUT2D eigenvalue weighted by atomic mass is 10.3. The van der Waals surface area contributed by atoms with Crippen molar-refractivity contribution in [1.82, 2.24) is 3.71 Å². The molecule has 9 heteroatoms. The summed E-state index contributed by atoms with van der Waals surface area (Å²) in [4.78, 5) is 0. The van der Waals surface area contributed by atoms with Crippen LogP contribution in [-0.2, 0) is 0 Å². The van der Waals surface area contributed by atoms with Crippen molar-refractivity contribution < 1.29 is 0 Å². The van der Waals surface area contributed by atoms with Crippen LogP contribution in [0.4, 0.5) is 0 Å². The third-order valence-corrected chi connectivity index (χ3v) is 8.26. The van der Waals surface area contributed by atoms with Crippen molar-refractivity contribution >= 4 is 79.8 Å². The van der Waals surface area contributed by atoms with Crippen molar-refractivity contribution in [2.75, 3.05) is 6.54 Å². The molecule has 13 heavy (non-hydrogen) atoms. The van der Waals surface area contributed by atoms with Crippen molar-refractivity contribution in [2.24, 2.45) is 0 Å². The summed E-state index contributed by atoms with van der Waals surface area (Å²) in [5, 5.41) is 0. The first kappa shape index (κ1) is 15.4. The Labute approximate surface area is 109 Å². The largest absolute Gasteiger partial charge is 0.156 e. The minimum Gasteiger partial charge on any atom is -0.156 e. The monoisotopic (exact) mass is 345 g/mol. The molecular weight excluding hydrogens is 339 g/mol. The van der Waals surface area contributed by atoms with E-state index >= 15 is 0 Å². The van der Waals surface area contributed by atoms with Crippen LogP contribution in [0.25, 0.3) is 0 Å². The van der Waals surface area contributed by atoms with Gasteiger partial charge in [-0.1, -0.05) is 13.3 Å². The summed E-state index contributed by atoms with van der Waals surface area (Å²) in [6.45, 7) is 2.51. The minimum absolute atomic E-state index is 0.494. The van der Waals surface area contributed by atoms with E-state index in [-0.39, 0.29) is 0 Å². The second-order valence-corrected chi connectivity index (χ2v) is 15.7. The zero-order chi connectivity index (χ0) is 10.7. The molecule has 0 aromatic heterocycles. The predicted molar refractivity (Wildman–Crippen MR) is 71.9 cm³/mol. The van der Waals surface area contributed by atoms with Gasteiger partial charge < -0.3 is 0 Å². The molecule has 0 aromatic rings. The van der Waals surface area contributed by atoms with Crippen LogP contribution in [0.15, 0.2) is 0 Å². The molecule has 0 rings (SSSR count). The summed E-state index contributed by atoms with van der Waals surface area (Å²) in [7, 11) is 29.4. The molecule has 1 nitrogen and oxygen atoms in total. The van der Waals surface area contributed by atoms with E-state index in [9.17, 15) is 0 Å². The molecule has 0 spiro atoms. The van der Waals surface area contributed by atoms with E-state index in [0.29, 0.717) is 6.54 Å². The maximum atomic E-state index is 5.73. The molecule has 84 valence electrons. The molecule has 0 N–H and O–H groups in total. The van der Waals surface area contributed by atoms with Gasteiger partial charge in [0.25, 0.3) is 0 Å². The molecule has 0 fully saturated rings. The van der Waals surface area contributed by atoms with Crippen LogP contribution in [-0.4, -0.2) is 10.3 Å². The molecule has 0 saturated heterocycles. The average molecular weight is 348 g/mol. The number of hydrogen-bond donors (Lipinski definition) is 0. The third-order valence-electron chi connectivity index (χ3n) is 1.16. The van der Waals surface area contributed by atoms with Crippen LogP contribution in [0.3, 0.4) is 0 Å². The first-order valence-corrected chi connectivity index (χ1v) is 11.5. The molecule has 0 atom stereocenters. The van der Waals surface area contributed by atoms with Gasteiger partial charge in [-0.15, -0.1) is 0 Å². The van der Waals surface area contributed by atoms with Gasteiger partial charge in [-0.3, -0.25) is 0 Å². The van der Waals surface area contributed by atoms with Gasteiger partial charge in [0.1, 0.15) is 0 Å². The lowest BCUT2D eigenvalue weighted by Crippen LogP contribution is -2.17. The minimum atomic E-state index is -2.50. The first-order valence-electron chi connectivity index (χ1n) is 3.31. The highest BCUT2D eigenvalue weighted by Crippen LogP contribution is 2.81. The first-order chi connectivity index (χ1) is 5.69. The van der Waals surface area contributed by atoms with Crippen LogP contribution < -0.4 is 0 Å². The number of unbranched alkanes of at least 4 members (excludes halogenated alkanes) is 1. The van der Waals surface area contributed by atoms with Crippen molar-refractivity contribution in [3.63, 3.8) is 0 Å². The molecule has 0 unspecified atom stereocenters. The molecule has 0 aliphatic rings. The van der Waals surface area contributed by atoms with E-state index in [1.54, 1.807) is 0 Å². The highest BCUT2D eigenvalue weighted by atomic mass is 36.2. The normalized spacial score (nSPS) is 16.3. The van der Waals surface area contributed by atoms with Crippen molar-refractivity contribution in [1.29, 1.82) is 0 Å². The van der Waals surface area contributed by atoms with Gasteiger partial charge in [0.2, 0.25) is 0 Å². The van der Waals surface area contributed by atoms with Gasteiger partial charge in [0, 0.05) is 6.54 Å². The molecule has 0 heterocycles. The molecule has 0 aliphatic heterocycles. The maximum absolute atomic E-state index is 5.73. The van der Waals surface area contributed by atoms with Gasteiger partial charge in [0.05, 0.1) is 15.7 Å².